The Labute approximate surface area is 186 Å². The Morgan fingerprint density at radius 1 is 1.16 bits per heavy atom. The summed E-state index contributed by atoms with van der Waals surface area (Å²) in [6.07, 6.45) is 1.68. The van der Waals surface area contributed by atoms with Crippen molar-refractivity contribution in [3.05, 3.63) is 84.5 Å². The summed E-state index contributed by atoms with van der Waals surface area (Å²) in [5.74, 6) is -1.18. The lowest BCUT2D eigenvalue weighted by Crippen LogP contribution is -2.39. The van der Waals surface area contributed by atoms with Crippen LogP contribution >= 0.6 is 11.3 Å². The number of hydrogen-bond donors (Lipinski definition) is 3. The molecule has 164 valence electrons. The molecule has 0 fully saturated rings. The molecule has 1 atom stereocenters. The Morgan fingerprint density at radius 2 is 1.88 bits per heavy atom. The lowest BCUT2D eigenvalue weighted by atomic mass is 9.95. The summed E-state index contributed by atoms with van der Waals surface area (Å²) in [6.45, 7) is 3.49. The van der Waals surface area contributed by atoms with Crippen LogP contribution in [0.4, 0.5) is 0 Å². The van der Waals surface area contributed by atoms with Crippen LogP contribution in [-0.2, 0) is 9.53 Å². The zero-order chi connectivity index (χ0) is 23.0. The van der Waals surface area contributed by atoms with Gasteiger partial charge in [0.15, 0.2) is 16.3 Å². The molecule has 32 heavy (non-hydrogen) atoms. The number of ether oxygens (including phenoxy) is 1. The third kappa shape index (κ3) is 3.78. The van der Waals surface area contributed by atoms with Gasteiger partial charge in [0.05, 0.1) is 28.5 Å². The number of allylic oxidation sites excluding steroid dienone is 1. The number of carbonyl (C=O) groups excluding carboxylic acids is 1. The zero-order valence-electron chi connectivity index (χ0n) is 17.3. The second-order valence-electron chi connectivity index (χ2n) is 7.14. The van der Waals surface area contributed by atoms with Gasteiger partial charge in [-0.2, -0.15) is 0 Å². The molecule has 0 saturated heterocycles. The van der Waals surface area contributed by atoms with E-state index >= 15 is 0 Å². The van der Waals surface area contributed by atoms with E-state index in [0.717, 1.165) is 0 Å². The van der Waals surface area contributed by atoms with Crippen LogP contribution in [0, 0.1) is 0 Å². The molecule has 0 radical (unpaired) electrons. The van der Waals surface area contributed by atoms with Crippen LogP contribution in [0.15, 0.2) is 63.5 Å². The molecule has 2 aromatic carbocycles. The van der Waals surface area contributed by atoms with Crippen molar-refractivity contribution in [2.45, 2.75) is 19.9 Å². The monoisotopic (exact) mass is 452 g/mol. The molecule has 0 amide bonds. The maximum atomic E-state index is 13.4. The van der Waals surface area contributed by atoms with Crippen LogP contribution in [0.5, 0.6) is 17.2 Å². The van der Waals surface area contributed by atoms with Crippen LogP contribution in [0.1, 0.15) is 31.0 Å². The Morgan fingerprint density at radius 3 is 2.53 bits per heavy atom. The van der Waals surface area contributed by atoms with Crippen LogP contribution < -0.4 is 14.9 Å². The summed E-state index contributed by atoms with van der Waals surface area (Å²) >= 11 is 1.17. The van der Waals surface area contributed by atoms with Gasteiger partial charge in [0.1, 0.15) is 5.75 Å². The minimum Gasteiger partial charge on any atom is -0.508 e. The van der Waals surface area contributed by atoms with Gasteiger partial charge in [-0.15, -0.1) is 0 Å². The number of benzene rings is 2. The topological polar surface area (TPSA) is 121 Å². The number of phenolic OH excluding ortho intramolecular Hbond substituents is 3. The third-order valence-corrected chi connectivity index (χ3v) is 6.01. The summed E-state index contributed by atoms with van der Waals surface area (Å²) in [7, 11) is 0. The highest BCUT2D eigenvalue weighted by Crippen LogP contribution is 2.35. The highest BCUT2D eigenvalue weighted by molar-refractivity contribution is 7.07. The minimum atomic E-state index is -0.890. The first-order valence-corrected chi connectivity index (χ1v) is 10.6. The van der Waals surface area contributed by atoms with Crippen LogP contribution in [0.2, 0.25) is 0 Å². The summed E-state index contributed by atoms with van der Waals surface area (Å²) < 4.78 is 6.99. The van der Waals surface area contributed by atoms with Crippen molar-refractivity contribution in [2.75, 3.05) is 6.61 Å². The molecular formula is C23H20N2O6S. The van der Waals surface area contributed by atoms with Crippen molar-refractivity contribution >= 4 is 23.4 Å². The van der Waals surface area contributed by atoms with Gasteiger partial charge >= 0.3 is 5.97 Å². The number of nitrogens with zero attached hydrogens (tertiary/aromatic N) is 2. The lowest BCUT2D eigenvalue weighted by molar-refractivity contribution is -0.139. The standard InChI is InChI=1S/C23H20N2O6S/c1-3-31-22(30)19-12(2)24-23-25(20(19)14-6-9-16(27)17(28)11-14)21(29)18(32-23)10-13-4-7-15(26)8-5-13/h4-11,20,26-28H,3H2,1-2H3/b18-10-. The van der Waals surface area contributed by atoms with E-state index in [4.69, 9.17) is 4.74 Å². The zero-order valence-corrected chi connectivity index (χ0v) is 18.1. The van der Waals surface area contributed by atoms with Gasteiger partial charge in [-0.25, -0.2) is 9.79 Å². The fraction of sp³-hybridized carbons (Fsp3) is 0.174. The van der Waals surface area contributed by atoms with Crippen LogP contribution in [-0.4, -0.2) is 32.5 Å². The fourth-order valence-corrected chi connectivity index (χ4v) is 4.59. The molecule has 1 unspecified atom stereocenters. The van der Waals surface area contributed by atoms with E-state index in [9.17, 15) is 24.9 Å². The van der Waals surface area contributed by atoms with E-state index in [-0.39, 0.29) is 35.0 Å². The molecule has 0 bridgehead atoms. The average molecular weight is 452 g/mol. The van der Waals surface area contributed by atoms with E-state index in [2.05, 4.69) is 4.99 Å². The third-order valence-electron chi connectivity index (χ3n) is 5.02. The number of esters is 1. The van der Waals surface area contributed by atoms with Crippen molar-refractivity contribution in [1.29, 1.82) is 0 Å². The smallest absolute Gasteiger partial charge is 0.338 e. The molecule has 3 aromatic rings. The Bertz CT molecular complexity index is 1420. The van der Waals surface area contributed by atoms with E-state index < -0.39 is 12.0 Å². The molecule has 0 aliphatic carbocycles. The number of phenols is 3. The number of rotatable bonds is 4. The Balaban J connectivity index is 1.97. The van der Waals surface area contributed by atoms with Gasteiger partial charge in [-0.3, -0.25) is 9.36 Å². The summed E-state index contributed by atoms with van der Waals surface area (Å²) in [5, 5.41) is 29.3. The van der Waals surface area contributed by atoms with E-state index in [0.29, 0.717) is 26.2 Å². The molecule has 4 rings (SSSR count). The SMILES string of the molecule is CCOC(=O)C1=C(C)N=c2s/c(=C\c3ccc(O)cc3)c(=O)n2C1c1ccc(O)c(O)c1. The fourth-order valence-electron chi connectivity index (χ4n) is 3.54. The quantitative estimate of drug-likeness (QED) is 0.411. The number of carbonyl (C=O) groups is 1. The Kier molecular flexibility index (Phi) is 5.58. The molecule has 8 nitrogen and oxygen atoms in total. The van der Waals surface area contributed by atoms with Crippen molar-refractivity contribution in [1.82, 2.24) is 4.57 Å². The predicted octanol–water partition coefficient (Wildman–Crippen LogP) is 1.92. The summed E-state index contributed by atoms with van der Waals surface area (Å²) in [6, 6.07) is 9.66. The van der Waals surface area contributed by atoms with Gasteiger partial charge in [0.25, 0.3) is 5.56 Å². The maximum absolute atomic E-state index is 13.4. The Hall–Kier alpha value is -3.85. The van der Waals surface area contributed by atoms with Gasteiger partial charge in [0, 0.05) is 0 Å². The number of aromatic nitrogens is 1. The molecule has 3 N–H and O–H groups in total. The average Bonchev–Trinajstić information content (AvgIpc) is 3.05. The number of fused-ring (bicyclic) bond motifs is 1. The molecule has 0 spiro atoms. The van der Waals surface area contributed by atoms with Crippen molar-refractivity contribution in [2.24, 2.45) is 4.99 Å². The number of thiazole rings is 1. The van der Waals surface area contributed by atoms with Gasteiger partial charge < -0.3 is 20.1 Å². The van der Waals surface area contributed by atoms with E-state index in [1.807, 2.05) is 0 Å². The molecule has 1 aliphatic rings. The van der Waals surface area contributed by atoms with Gasteiger partial charge in [-0.1, -0.05) is 29.5 Å². The normalized spacial score (nSPS) is 15.9. The van der Waals surface area contributed by atoms with Gasteiger partial charge in [-0.05, 0) is 55.3 Å². The summed E-state index contributed by atoms with van der Waals surface area (Å²) in [5.41, 5.74) is 1.36. The van der Waals surface area contributed by atoms with E-state index in [1.165, 1.54) is 46.2 Å². The molecule has 1 aromatic heterocycles. The van der Waals surface area contributed by atoms with Gasteiger partial charge in [0.2, 0.25) is 0 Å². The second kappa shape index (κ2) is 8.35. The molecule has 0 saturated carbocycles. The highest BCUT2D eigenvalue weighted by Gasteiger charge is 2.33. The minimum absolute atomic E-state index is 0.116. The van der Waals surface area contributed by atoms with Crippen LogP contribution in [0.3, 0.4) is 0 Å². The van der Waals surface area contributed by atoms with E-state index in [1.54, 1.807) is 32.1 Å². The predicted molar refractivity (Wildman–Crippen MR) is 118 cm³/mol. The number of hydrogen-bond acceptors (Lipinski definition) is 8. The highest BCUT2D eigenvalue weighted by atomic mass is 32.1. The first kappa shape index (κ1) is 21.4. The molecule has 9 heteroatoms. The lowest BCUT2D eigenvalue weighted by Gasteiger charge is -2.24. The van der Waals surface area contributed by atoms with Crippen molar-refractivity contribution < 1.29 is 24.9 Å². The summed E-state index contributed by atoms with van der Waals surface area (Å²) in [4.78, 5) is 31.1. The first-order valence-electron chi connectivity index (χ1n) is 9.80. The molecule has 2 heterocycles. The molecular weight excluding hydrogens is 432 g/mol. The van der Waals surface area contributed by atoms with Crippen molar-refractivity contribution in [3.63, 3.8) is 0 Å². The first-order chi connectivity index (χ1) is 15.3. The maximum Gasteiger partial charge on any atom is 0.338 e. The van der Waals surface area contributed by atoms with Crippen LogP contribution in [0.25, 0.3) is 6.08 Å². The van der Waals surface area contributed by atoms with Crippen molar-refractivity contribution in [3.8, 4) is 17.2 Å². The molecule has 1 aliphatic heterocycles. The number of aromatic hydroxyl groups is 3. The second-order valence-corrected chi connectivity index (χ2v) is 8.15. The largest absolute Gasteiger partial charge is 0.508 e.